The number of hydrogen-bond donors (Lipinski definition) is 1. The maximum absolute atomic E-state index is 12.4. The number of nitrogens with one attached hydrogen (secondary N) is 1. The number of rotatable bonds is 2. The van der Waals surface area contributed by atoms with Gasteiger partial charge in [0.1, 0.15) is 11.3 Å². The quantitative estimate of drug-likeness (QED) is 0.725. The van der Waals surface area contributed by atoms with Gasteiger partial charge in [0.2, 0.25) is 0 Å². The van der Waals surface area contributed by atoms with Crippen LogP contribution in [0.15, 0.2) is 23.1 Å². The highest BCUT2D eigenvalue weighted by Crippen LogP contribution is 2.27. The number of esters is 1. The molecule has 7 nitrogen and oxygen atoms in total. The second-order valence-corrected chi connectivity index (χ2v) is 6.03. The SMILES string of the molecule is COC(=O)c1cc2[nH]c(=O)c3cnc(C4CCOC4)n3c2cc1C. The molecule has 0 spiro atoms. The lowest BCUT2D eigenvalue weighted by Crippen LogP contribution is -2.14. The molecule has 7 heteroatoms. The lowest BCUT2D eigenvalue weighted by molar-refractivity contribution is 0.0600. The van der Waals surface area contributed by atoms with Crippen molar-refractivity contribution >= 4 is 22.5 Å². The van der Waals surface area contributed by atoms with Gasteiger partial charge in [0, 0.05) is 12.5 Å². The molecule has 0 saturated carbocycles. The van der Waals surface area contributed by atoms with Crippen molar-refractivity contribution in [3.63, 3.8) is 0 Å². The molecule has 1 fully saturated rings. The molecule has 1 atom stereocenters. The first-order valence-corrected chi connectivity index (χ1v) is 7.80. The Hall–Kier alpha value is -2.67. The molecule has 0 amide bonds. The number of H-pyrrole nitrogens is 1. The van der Waals surface area contributed by atoms with Crippen LogP contribution in [-0.4, -0.2) is 40.7 Å². The zero-order valence-electron chi connectivity index (χ0n) is 13.5. The van der Waals surface area contributed by atoms with E-state index in [0.29, 0.717) is 29.8 Å². The summed E-state index contributed by atoms with van der Waals surface area (Å²) in [5, 5.41) is 0. The third-order valence-corrected chi connectivity index (χ3v) is 4.55. The highest BCUT2D eigenvalue weighted by molar-refractivity contribution is 5.95. The highest BCUT2D eigenvalue weighted by Gasteiger charge is 2.24. The maximum atomic E-state index is 12.4. The summed E-state index contributed by atoms with van der Waals surface area (Å²) in [6, 6.07) is 3.54. The van der Waals surface area contributed by atoms with Crippen molar-refractivity contribution in [3.8, 4) is 0 Å². The van der Waals surface area contributed by atoms with E-state index >= 15 is 0 Å². The Morgan fingerprint density at radius 3 is 2.96 bits per heavy atom. The Morgan fingerprint density at radius 2 is 2.25 bits per heavy atom. The molecule has 0 bridgehead atoms. The van der Waals surface area contributed by atoms with E-state index in [1.54, 1.807) is 12.3 Å². The summed E-state index contributed by atoms with van der Waals surface area (Å²) in [5.74, 6) is 0.562. The Balaban J connectivity index is 2.05. The van der Waals surface area contributed by atoms with Gasteiger partial charge in [-0.2, -0.15) is 0 Å². The van der Waals surface area contributed by atoms with Crippen molar-refractivity contribution in [2.75, 3.05) is 20.3 Å². The molecule has 2 aromatic heterocycles. The van der Waals surface area contributed by atoms with Gasteiger partial charge >= 0.3 is 5.97 Å². The van der Waals surface area contributed by atoms with Crippen molar-refractivity contribution in [1.29, 1.82) is 0 Å². The van der Waals surface area contributed by atoms with E-state index in [0.717, 1.165) is 23.3 Å². The van der Waals surface area contributed by atoms with Crippen molar-refractivity contribution in [1.82, 2.24) is 14.4 Å². The summed E-state index contributed by atoms with van der Waals surface area (Å²) in [5.41, 5.74) is 2.87. The Bertz CT molecular complexity index is 1010. The summed E-state index contributed by atoms with van der Waals surface area (Å²) in [7, 11) is 1.34. The van der Waals surface area contributed by atoms with Crippen LogP contribution in [0.25, 0.3) is 16.6 Å². The van der Waals surface area contributed by atoms with Gasteiger partial charge in [-0.1, -0.05) is 0 Å². The molecular weight excluding hydrogens is 310 g/mol. The van der Waals surface area contributed by atoms with Gasteiger partial charge in [0.05, 0.1) is 36.5 Å². The van der Waals surface area contributed by atoms with E-state index < -0.39 is 5.97 Å². The fourth-order valence-electron chi connectivity index (χ4n) is 3.30. The second kappa shape index (κ2) is 5.45. The number of nitrogens with zero attached hydrogens (tertiary/aromatic N) is 2. The average molecular weight is 327 g/mol. The van der Waals surface area contributed by atoms with Gasteiger partial charge in [-0.05, 0) is 31.0 Å². The minimum Gasteiger partial charge on any atom is -0.465 e. The number of carbonyl (C=O) groups is 1. The number of hydrogen-bond acceptors (Lipinski definition) is 5. The molecule has 1 aliphatic heterocycles. The molecule has 0 radical (unpaired) electrons. The molecule has 1 aromatic carbocycles. The molecule has 4 rings (SSSR count). The summed E-state index contributed by atoms with van der Waals surface area (Å²) in [6.07, 6.45) is 2.47. The summed E-state index contributed by atoms with van der Waals surface area (Å²) >= 11 is 0. The minimum atomic E-state index is -0.426. The molecule has 0 aliphatic carbocycles. The van der Waals surface area contributed by atoms with Crippen molar-refractivity contribution < 1.29 is 14.3 Å². The van der Waals surface area contributed by atoms with E-state index in [4.69, 9.17) is 9.47 Å². The zero-order chi connectivity index (χ0) is 16.8. The lowest BCUT2D eigenvalue weighted by atomic mass is 10.1. The van der Waals surface area contributed by atoms with Crippen LogP contribution in [0.4, 0.5) is 0 Å². The first kappa shape index (κ1) is 14.9. The van der Waals surface area contributed by atoms with E-state index in [2.05, 4.69) is 9.97 Å². The van der Waals surface area contributed by atoms with Crippen LogP contribution < -0.4 is 5.56 Å². The Kier molecular flexibility index (Phi) is 3.38. The molecule has 1 saturated heterocycles. The van der Waals surface area contributed by atoms with Gasteiger partial charge in [-0.25, -0.2) is 9.78 Å². The molecule has 3 heterocycles. The highest BCUT2D eigenvalue weighted by atomic mass is 16.5. The smallest absolute Gasteiger partial charge is 0.338 e. The van der Waals surface area contributed by atoms with E-state index in [9.17, 15) is 9.59 Å². The zero-order valence-corrected chi connectivity index (χ0v) is 13.5. The third-order valence-electron chi connectivity index (χ3n) is 4.55. The number of aryl methyl sites for hydroxylation is 1. The van der Waals surface area contributed by atoms with Gasteiger partial charge in [-0.15, -0.1) is 0 Å². The Morgan fingerprint density at radius 1 is 1.42 bits per heavy atom. The molecule has 124 valence electrons. The van der Waals surface area contributed by atoms with E-state index in [1.165, 1.54) is 7.11 Å². The predicted octanol–water partition coefficient (Wildman–Crippen LogP) is 1.77. The molecule has 1 unspecified atom stereocenters. The number of imidazole rings is 1. The van der Waals surface area contributed by atoms with Crippen LogP contribution in [-0.2, 0) is 9.47 Å². The maximum Gasteiger partial charge on any atom is 0.338 e. The lowest BCUT2D eigenvalue weighted by Gasteiger charge is -2.12. The van der Waals surface area contributed by atoms with Crippen LogP contribution in [0.1, 0.15) is 34.1 Å². The predicted molar refractivity (Wildman–Crippen MR) is 87.6 cm³/mol. The fraction of sp³-hybridized carbons (Fsp3) is 0.353. The van der Waals surface area contributed by atoms with Crippen LogP contribution in [0, 0.1) is 6.92 Å². The van der Waals surface area contributed by atoms with Gasteiger partial charge in [0.25, 0.3) is 5.56 Å². The van der Waals surface area contributed by atoms with E-state index in [-0.39, 0.29) is 11.5 Å². The van der Waals surface area contributed by atoms with Crippen LogP contribution in [0.2, 0.25) is 0 Å². The number of fused-ring (bicyclic) bond motifs is 3. The summed E-state index contributed by atoms with van der Waals surface area (Å²) < 4.78 is 12.1. The summed E-state index contributed by atoms with van der Waals surface area (Å²) in [4.78, 5) is 31.6. The monoisotopic (exact) mass is 327 g/mol. The molecular formula is C17H17N3O4. The van der Waals surface area contributed by atoms with Crippen molar-refractivity contribution in [2.24, 2.45) is 0 Å². The van der Waals surface area contributed by atoms with Gasteiger partial charge in [0.15, 0.2) is 0 Å². The first-order chi connectivity index (χ1) is 11.6. The average Bonchev–Trinajstić information content (AvgIpc) is 3.23. The standard InChI is InChI=1S/C17H17N3O4/c1-9-5-13-12(6-11(9)17(22)23-2)19-16(21)14-7-18-15(20(13)14)10-3-4-24-8-10/h5-7,10H,3-4,8H2,1-2H3,(H,19,21). The topological polar surface area (TPSA) is 85.7 Å². The largest absolute Gasteiger partial charge is 0.465 e. The van der Waals surface area contributed by atoms with Crippen LogP contribution in [0.5, 0.6) is 0 Å². The van der Waals surface area contributed by atoms with Crippen LogP contribution in [0.3, 0.4) is 0 Å². The van der Waals surface area contributed by atoms with E-state index in [1.807, 2.05) is 17.4 Å². The number of aromatic nitrogens is 3. The third kappa shape index (κ3) is 2.12. The van der Waals surface area contributed by atoms with Gasteiger partial charge < -0.3 is 14.5 Å². The number of carbonyl (C=O) groups excluding carboxylic acids is 1. The van der Waals surface area contributed by atoms with Crippen molar-refractivity contribution in [3.05, 3.63) is 45.6 Å². The first-order valence-electron chi connectivity index (χ1n) is 7.80. The number of benzene rings is 1. The van der Waals surface area contributed by atoms with Gasteiger partial charge in [-0.3, -0.25) is 9.20 Å². The van der Waals surface area contributed by atoms with Crippen LogP contribution >= 0.6 is 0 Å². The minimum absolute atomic E-state index is 0.165. The number of ether oxygens (including phenoxy) is 2. The molecule has 24 heavy (non-hydrogen) atoms. The molecule has 3 aromatic rings. The van der Waals surface area contributed by atoms with Crippen molar-refractivity contribution in [2.45, 2.75) is 19.3 Å². The normalized spacial score (nSPS) is 17.7. The Labute approximate surface area is 137 Å². The number of methoxy groups -OCH3 is 1. The molecule has 1 N–H and O–H groups in total. The second-order valence-electron chi connectivity index (χ2n) is 6.03. The summed E-state index contributed by atoms with van der Waals surface area (Å²) in [6.45, 7) is 3.15. The number of aromatic amines is 1. The molecule has 1 aliphatic rings. The fourth-order valence-corrected chi connectivity index (χ4v) is 3.30.